The molecule has 0 bridgehead atoms. The lowest BCUT2D eigenvalue weighted by Crippen LogP contribution is -2.46. The summed E-state index contributed by atoms with van der Waals surface area (Å²) in [6.45, 7) is 8.96. The van der Waals surface area contributed by atoms with E-state index in [4.69, 9.17) is 4.42 Å². The molecule has 3 aromatic heterocycles. The molecule has 3 aromatic carbocycles. The number of fused-ring (bicyclic) bond motifs is 3. The van der Waals surface area contributed by atoms with Crippen molar-refractivity contribution in [2.75, 3.05) is 0 Å². The highest BCUT2D eigenvalue weighted by Gasteiger charge is 2.42. The Morgan fingerprint density at radius 3 is 2.19 bits per heavy atom. The van der Waals surface area contributed by atoms with Gasteiger partial charge in [0.15, 0.2) is 23.8 Å². The van der Waals surface area contributed by atoms with E-state index in [0.717, 1.165) is 27.6 Å². The van der Waals surface area contributed by atoms with Crippen molar-refractivity contribution < 1.29 is 13.6 Å². The van der Waals surface area contributed by atoms with Crippen LogP contribution in [0.5, 0.6) is 0 Å². The predicted molar refractivity (Wildman–Crippen MR) is 149 cm³/mol. The Morgan fingerprint density at radius 2 is 1.38 bits per heavy atom. The molecule has 6 aromatic rings. The number of hydrogen-bond donors (Lipinski definition) is 0. The van der Waals surface area contributed by atoms with E-state index >= 15 is 0 Å². The first kappa shape index (κ1) is 23.2. The van der Waals surface area contributed by atoms with Gasteiger partial charge >= 0.3 is 0 Å². The molecule has 182 valence electrons. The maximum Gasteiger partial charge on any atom is 0.257 e. The van der Waals surface area contributed by atoms with Crippen molar-refractivity contribution in [1.29, 1.82) is 0 Å². The number of para-hydroxylation sites is 1. The fourth-order valence-electron chi connectivity index (χ4n) is 6.13. The Bertz CT molecular complexity index is 1750. The van der Waals surface area contributed by atoms with E-state index in [1.807, 2.05) is 12.1 Å². The lowest BCUT2D eigenvalue weighted by atomic mass is 9.71. The first-order valence-electron chi connectivity index (χ1n) is 12.9. The first-order valence-corrected chi connectivity index (χ1v) is 12.9. The highest BCUT2D eigenvalue weighted by molar-refractivity contribution is 6.07. The third kappa shape index (κ3) is 3.49. The van der Waals surface area contributed by atoms with Gasteiger partial charge in [-0.15, -0.1) is 0 Å². The van der Waals surface area contributed by atoms with Gasteiger partial charge in [-0.1, -0.05) is 54.6 Å². The standard InChI is InChI=1S/C34H32N2O/c1-23-13-6-8-15-28(23)34(4,31-18-10-11-21-35(31)5)29-16-12-22-36(25(29)3)32-24(2)19-20-27-26-14-7-9-17-30(26)37-33(27)32/h6-22H,1-5H3/q+2. The van der Waals surface area contributed by atoms with Crippen LogP contribution in [0.25, 0.3) is 27.6 Å². The lowest BCUT2D eigenvalue weighted by Gasteiger charge is -2.30. The van der Waals surface area contributed by atoms with Crippen LogP contribution >= 0.6 is 0 Å². The zero-order chi connectivity index (χ0) is 25.7. The van der Waals surface area contributed by atoms with Crippen molar-refractivity contribution in [3.63, 3.8) is 0 Å². The van der Waals surface area contributed by atoms with Gasteiger partial charge < -0.3 is 4.42 Å². The fraction of sp³-hybridized carbons (Fsp3) is 0.176. The summed E-state index contributed by atoms with van der Waals surface area (Å²) in [6, 6.07) is 32.3. The van der Waals surface area contributed by atoms with Gasteiger partial charge in [-0.2, -0.15) is 4.57 Å². The average Bonchev–Trinajstić information content (AvgIpc) is 3.28. The summed E-state index contributed by atoms with van der Waals surface area (Å²) in [5.41, 5.74) is 10.0. The minimum Gasteiger partial charge on any atom is -0.449 e. The van der Waals surface area contributed by atoms with E-state index in [1.165, 1.54) is 33.6 Å². The molecule has 3 nitrogen and oxygen atoms in total. The summed E-state index contributed by atoms with van der Waals surface area (Å²) >= 11 is 0. The number of aromatic nitrogens is 2. The summed E-state index contributed by atoms with van der Waals surface area (Å²) in [6.07, 6.45) is 4.30. The molecule has 0 fully saturated rings. The quantitative estimate of drug-likeness (QED) is 0.248. The Balaban J connectivity index is 1.68. The number of aryl methyl sites for hydroxylation is 3. The van der Waals surface area contributed by atoms with E-state index in [1.54, 1.807) is 0 Å². The maximum absolute atomic E-state index is 6.48. The van der Waals surface area contributed by atoms with Crippen LogP contribution < -0.4 is 9.13 Å². The summed E-state index contributed by atoms with van der Waals surface area (Å²) < 4.78 is 11.0. The number of hydrogen-bond acceptors (Lipinski definition) is 1. The summed E-state index contributed by atoms with van der Waals surface area (Å²) in [5.74, 6) is 0. The van der Waals surface area contributed by atoms with Gasteiger partial charge in [-0.25, -0.2) is 4.57 Å². The normalized spacial score (nSPS) is 13.2. The topological polar surface area (TPSA) is 20.9 Å². The third-order valence-electron chi connectivity index (χ3n) is 8.00. The summed E-state index contributed by atoms with van der Waals surface area (Å²) in [5, 5.41) is 2.29. The second-order valence-corrected chi connectivity index (χ2v) is 10.2. The van der Waals surface area contributed by atoms with Crippen LogP contribution in [0, 0.1) is 20.8 Å². The van der Waals surface area contributed by atoms with Gasteiger partial charge in [0.25, 0.3) is 5.69 Å². The van der Waals surface area contributed by atoms with Gasteiger partial charge in [0, 0.05) is 47.0 Å². The molecule has 0 saturated heterocycles. The van der Waals surface area contributed by atoms with Crippen LogP contribution in [-0.2, 0) is 12.5 Å². The number of rotatable bonds is 4. The Hall–Kier alpha value is -4.24. The number of furan rings is 1. The molecular formula is C34H32N2O+2. The number of pyridine rings is 2. The second-order valence-electron chi connectivity index (χ2n) is 10.2. The molecular weight excluding hydrogens is 452 g/mol. The van der Waals surface area contributed by atoms with Crippen LogP contribution in [0.3, 0.4) is 0 Å². The highest BCUT2D eigenvalue weighted by atomic mass is 16.3. The van der Waals surface area contributed by atoms with E-state index < -0.39 is 0 Å². The SMILES string of the molecule is Cc1ccccc1C(C)(c1ccc[n+](-c2c(C)ccc3c2oc2ccccc23)c1C)c1cccc[n+]1C. The fourth-order valence-corrected chi connectivity index (χ4v) is 6.13. The van der Waals surface area contributed by atoms with Crippen molar-refractivity contribution in [3.05, 3.63) is 137 Å². The Morgan fingerprint density at radius 1 is 0.649 bits per heavy atom. The summed E-state index contributed by atoms with van der Waals surface area (Å²) in [7, 11) is 2.14. The van der Waals surface area contributed by atoms with Crippen molar-refractivity contribution in [2.24, 2.45) is 7.05 Å². The van der Waals surface area contributed by atoms with Crippen molar-refractivity contribution in [2.45, 2.75) is 33.1 Å². The third-order valence-corrected chi connectivity index (χ3v) is 8.00. The van der Waals surface area contributed by atoms with Crippen LogP contribution in [0.2, 0.25) is 0 Å². The smallest absolute Gasteiger partial charge is 0.257 e. The van der Waals surface area contributed by atoms with E-state index in [-0.39, 0.29) is 5.41 Å². The van der Waals surface area contributed by atoms with Crippen LogP contribution in [0.4, 0.5) is 0 Å². The molecule has 3 heteroatoms. The lowest BCUT2D eigenvalue weighted by molar-refractivity contribution is -0.681. The van der Waals surface area contributed by atoms with E-state index in [2.05, 4.69) is 135 Å². The predicted octanol–water partition coefficient (Wildman–Crippen LogP) is 6.97. The molecule has 3 heterocycles. The van der Waals surface area contributed by atoms with Gasteiger partial charge in [-0.05, 0) is 50.1 Å². The molecule has 0 N–H and O–H groups in total. The minimum atomic E-state index is -0.371. The molecule has 0 aliphatic heterocycles. The molecule has 1 atom stereocenters. The van der Waals surface area contributed by atoms with Gasteiger partial charge in [0.05, 0.1) is 0 Å². The molecule has 0 radical (unpaired) electrons. The van der Waals surface area contributed by atoms with Gasteiger partial charge in [-0.3, -0.25) is 0 Å². The highest BCUT2D eigenvalue weighted by Crippen LogP contribution is 2.40. The number of benzene rings is 3. The minimum absolute atomic E-state index is 0.371. The molecule has 0 amide bonds. The maximum atomic E-state index is 6.48. The second kappa shape index (κ2) is 8.70. The zero-order valence-corrected chi connectivity index (χ0v) is 22.1. The molecule has 0 aliphatic carbocycles. The van der Waals surface area contributed by atoms with E-state index in [9.17, 15) is 0 Å². The first-order chi connectivity index (χ1) is 17.9. The number of nitrogens with zero attached hydrogens (tertiary/aromatic N) is 2. The molecule has 0 spiro atoms. The zero-order valence-electron chi connectivity index (χ0n) is 22.1. The van der Waals surface area contributed by atoms with Crippen LogP contribution in [-0.4, -0.2) is 0 Å². The largest absolute Gasteiger partial charge is 0.449 e. The van der Waals surface area contributed by atoms with Crippen LogP contribution in [0.1, 0.15) is 40.6 Å². The Labute approximate surface area is 218 Å². The van der Waals surface area contributed by atoms with Crippen molar-refractivity contribution in [3.8, 4) is 5.69 Å². The van der Waals surface area contributed by atoms with Crippen molar-refractivity contribution in [1.82, 2.24) is 0 Å². The molecule has 6 rings (SSSR count). The monoisotopic (exact) mass is 484 g/mol. The molecule has 37 heavy (non-hydrogen) atoms. The molecule has 0 saturated carbocycles. The van der Waals surface area contributed by atoms with Gasteiger partial charge in [0.1, 0.15) is 18.0 Å². The van der Waals surface area contributed by atoms with Crippen molar-refractivity contribution >= 4 is 21.9 Å². The van der Waals surface area contributed by atoms with Crippen LogP contribution in [0.15, 0.2) is 108 Å². The summed E-state index contributed by atoms with van der Waals surface area (Å²) in [4.78, 5) is 0. The molecule has 1 unspecified atom stereocenters. The molecule has 0 aliphatic rings. The van der Waals surface area contributed by atoms with E-state index in [0.29, 0.717) is 0 Å². The van der Waals surface area contributed by atoms with Gasteiger partial charge in [0.2, 0.25) is 5.58 Å². The Kier molecular flexibility index (Phi) is 5.45. The average molecular weight is 485 g/mol.